The molecule has 0 aromatic carbocycles. The van der Waals surface area contributed by atoms with Crippen molar-refractivity contribution in [3.63, 3.8) is 0 Å². The molecule has 0 nitrogen and oxygen atoms in total. The summed E-state index contributed by atoms with van der Waals surface area (Å²) < 4.78 is 0. The van der Waals surface area contributed by atoms with Gasteiger partial charge >= 0.3 is 0 Å². The van der Waals surface area contributed by atoms with Gasteiger partial charge < -0.3 is 0 Å². The summed E-state index contributed by atoms with van der Waals surface area (Å²) >= 11 is 0. The van der Waals surface area contributed by atoms with E-state index in [4.69, 9.17) is 0 Å². The fourth-order valence-corrected chi connectivity index (χ4v) is 1.61. The molecule has 1 heterocycles. The van der Waals surface area contributed by atoms with Crippen molar-refractivity contribution >= 4 is 22.7 Å². The molecule has 0 aliphatic carbocycles. The van der Waals surface area contributed by atoms with Crippen LogP contribution in [0.2, 0.25) is 0 Å². The van der Waals surface area contributed by atoms with Gasteiger partial charge in [-0.1, -0.05) is 0 Å². The fraction of sp³-hybridized carbons (Fsp3) is 0. The Balaban J connectivity index is 3.05. The number of hydrogen-bond acceptors (Lipinski definition) is 0. The molecule has 0 saturated carbocycles. The molecule has 0 bridgehead atoms. The van der Waals surface area contributed by atoms with Crippen LogP contribution in [0.4, 0.5) is 0 Å². The van der Waals surface area contributed by atoms with Crippen molar-refractivity contribution in [2.75, 3.05) is 0 Å². The van der Waals surface area contributed by atoms with Gasteiger partial charge in [0, 0.05) is 0 Å². The topological polar surface area (TPSA) is 0 Å². The van der Waals surface area contributed by atoms with E-state index in [-0.39, 0.29) is 0 Å². The molecule has 0 aliphatic rings. The maximum atomic E-state index is 3.17. The Kier molecular flexibility index (Phi) is 1.29. The van der Waals surface area contributed by atoms with Gasteiger partial charge in [-0.05, 0) is 14.5 Å². The van der Waals surface area contributed by atoms with Crippen molar-refractivity contribution in [1.29, 1.82) is 0 Å². The number of rotatable bonds is 0. The minimum atomic E-state index is 0.828. The van der Waals surface area contributed by atoms with Crippen LogP contribution in [0.1, 0.15) is 0 Å². The van der Waals surface area contributed by atoms with Gasteiger partial charge in [-0.25, -0.2) is 0 Å². The molecule has 0 amide bonds. The Labute approximate surface area is 41.2 Å². The quantitative estimate of drug-likeness (QED) is 0.346. The third kappa shape index (κ3) is 0.834. The van der Waals surface area contributed by atoms with Crippen LogP contribution in [0.3, 0.4) is 0 Å². The van der Waals surface area contributed by atoms with Crippen molar-refractivity contribution in [1.82, 2.24) is 0 Å². The molecule has 6 heavy (non-hydrogen) atoms. The Bertz CT molecular complexity index is 109. The zero-order valence-electron chi connectivity index (χ0n) is 3.36. The summed E-state index contributed by atoms with van der Waals surface area (Å²) in [6.07, 6.45) is 0. The molecule has 2 unspecified atom stereocenters. The van der Waals surface area contributed by atoms with Crippen LogP contribution in [0.5, 0.6) is 0 Å². The highest BCUT2D eigenvalue weighted by Crippen LogP contribution is 2.00. The minimum Gasteiger partial charge on any atom is -0.267 e. The minimum absolute atomic E-state index is 0.828. The van der Waals surface area contributed by atoms with Gasteiger partial charge in [0.15, 0.2) is 0 Å². The zero-order chi connectivity index (χ0) is 4.41. The van der Waals surface area contributed by atoms with Crippen molar-refractivity contribution < 1.29 is 0 Å². The fourth-order valence-electron chi connectivity index (χ4n) is 0.318. The molecule has 0 radical (unpaired) electrons. The maximum Gasteiger partial charge on any atom is -0.0202 e. The van der Waals surface area contributed by atoms with Crippen molar-refractivity contribution in [3.05, 3.63) is 17.7 Å². The van der Waals surface area contributed by atoms with Gasteiger partial charge in [-0.15, -0.1) is 5.80 Å². The van der Waals surface area contributed by atoms with Crippen LogP contribution in [0.15, 0.2) is 11.9 Å². The highest BCUT2D eigenvalue weighted by molar-refractivity contribution is 7.33. The van der Waals surface area contributed by atoms with Crippen LogP contribution < -0.4 is 5.30 Å². The van der Waals surface area contributed by atoms with Gasteiger partial charge in [0.2, 0.25) is 0 Å². The van der Waals surface area contributed by atoms with Gasteiger partial charge in [0.25, 0.3) is 0 Å². The molecule has 0 spiro atoms. The molecule has 1 aromatic rings. The van der Waals surface area contributed by atoms with Crippen molar-refractivity contribution in [2.24, 2.45) is 0 Å². The first-order chi connectivity index (χ1) is 2.89. The Morgan fingerprint density at radius 3 is 2.83 bits per heavy atom. The first-order valence-corrected chi connectivity index (χ1v) is 3.55. The van der Waals surface area contributed by atoms with E-state index in [1.165, 1.54) is 5.30 Å². The highest BCUT2D eigenvalue weighted by atomic mass is 31.0. The van der Waals surface area contributed by atoms with E-state index in [1.807, 2.05) is 9.24 Å². The van der Waals surface area contributed by atoms with Gasteiger partial charge in [0.05, 0.1) is 0 Å². The molecule has 32 valence electrons. The second kappa shape index (κ2) is 1.78. The third-order valence-corrected chi connectivity index (χ3v) is 2.17. The van der Waals surface area contributed by atoms with E-state index in [0.29, 0.717) is 0 Å². The second-order valence-corrected chi connectivity index (χ2v) is 2.76. The predicted octanol–water partition coefficient (Wildman–Crippen LogP) is 0.751. The van der Waals surface area contributed by atoms with Gasteiger partial charge in [-0.2, -0.15) is 11.9 Å². The lowest BCUT2D eigenvalue weighted by Crippen LogP contribution is -1.74. The Morgan fingerprint density at radius 1 is 1.83 bits per heavy atom. The monoisotopic (exact) mass is 116 g/mol. The summed E-state index contributed by atoms with van der Waals surface area (Å²) in [5.74, 6) is 5.31. The molecule has 1 aromatic heterocycles. The molecule has 1 rings (SSSR count). The first-order valence-electron chi connectivity index (χ1n) is 1.76. The third-order valence-electron chi connectivity index (χ3n) is 0.601. The Morgan fingerprint density at radius 2 is 2.67 bits per heavy atom. The summed E-state index contributed by atoms with van der Waals surface area (Å²) in [4.78, 5) is 0. The predicted molar refractivity (Wildman–Crippen MR) is 35.5 cm³/mol. The summed E-state index contributed by atoms with van der Waals surface area (Å²) in [6, 6.07) is 2.11. The lowest BCUT2D eigenvalue weighted by molar-refractivity contribution is 2.16. The van der Waals surface area contributed by atoms with Crippen molar-refractivity contribution in [2.45, 2.75) is 0 Å². The van der Waals surface area contributed by atoms with E-state index in [9.17, 15) is 0 Å². The molecule has 0 saturated heterocycles. The highest BCUT2D eigenvalue weighted by Gasteiger charge is 1.68. The molecular formula is C4H6P2. The second-order valence-electron chi connectivity index (χ2n) is 1.13. The summed E-state index contributed by atoms with van der Waals surface area (Å²) in [5.41, 5.74) is 0. The van der Waals surface area contributed by atoms with Gasteiger partial charge in [-0.3, -0.25) is 8.19 Å². The lowest BCUT2D eigenvalue weighted by Gasteiger charge is -1.69. The molecule has 2 atom stereocenters. The first kappa shape index (κ1) is 4.37. The lowest BCUT2D eigenvalue weighted by atomic mass is 10.7. The zero-order valence-corrected chi connectivity index (χ0v) is 5.78. The van der Waals surface area contributed by atoms with E-state index in [2.05, 4.69) is 17.7 Å². The summed E-state index contributed by atoms with van der Waals surface area (Å²) in [7, 11) is 2.72. The maximum absolute atomic E-state index is 3.17. The normalized spacial score (nSPS) is 10.7. The van der Waals surface area contributed by atoms with E-state index in [1.54, 1.807) is 0 Å². The van der Waals surface area contributed by atoms with Crippen LogP contribution in [0, 0.1) is 5.80 Å². The molecule has 0 aliphatic heterocycles. The SMILES string of the molecule is [PH3+]c1[c-][pH]cc1. The van der Waals surface area contributed by atoms with Crippen molar-refractivity contribution in [3.8, 4) is 0 Å². The van der Waals surface area contributed by atoms with E-state index in [0.717, 1.165) is 8.19 Å². The van der Waals surface area contributed by atoms with Crippen LogP contribution in [-0.2, 0) is 0 Å². The van der Waals surface area contributed by atoms with E-state index >= 15 is 0 Å². The van der Waals surface area contributed by atoms with Crippen LogP contribution in [0.25, 0.3) is 0 Å². The Hall–Kier alpha value is 0.210. The van der Waals surface area contributed by atoms with Crippen LogP contribution >= 0.6 is 17.4 Å². The molecule has 0 fully saturated rings. The standard InChI is InChI=1S/C4H5P2/c5-4-1-2-6-3-4/h1-2,6H,5H2/q-1/p+1. The average Bonchev–Trinajstić information content (AvgIpc) is 1.86. The summed E-state index contributed by atoms with van der Waals surface area (Å²) in [6.45, 7) is 0. The van der Waals surface area contributed by atoms with E-state index < -0.39 is 0 Å². The largest absolute Gasteiger partial charge is 0.267 e. The summed E-state index contributed by atoms with van der Waals surface area (Å²) in [5, 5.41) is 1.31. The molecular weight excluding hydrogens is 110 g/mol. The number of hydrogen-bond donors (Lipinski definition) is 0. The van der Waals surface area contributed by atoms with Gasteiger partial charge in [0.1, 0.15) is 0 Å². The molecule has 2 heteroatoms. The van der Waals surface area contributed by atoms with Crippen LogP contribution in [-0.4, -0.2) is 0 Å². The smallest absolute Gasteiger partial charge is 0.0202 e. The molecule has 0 N–H and O–H groups in total. The average molecular weight is 116 g/mol.